The third-order valence-corrected chi connectivity index (χ3v) is 6.59. The van der Waals surface area contributed by atoms with Crippen molar-refractivity contribution in [3.63, 3.8) is 0 Å². The smallest absolute Gasteiger partial charge is 0.870 e. The number of carboxylic acid groups (broad SMARTS) is 2. The maximum absolute atomic E-state index is 11.6. The first-order valence-electron chi connectivity index (χ1n) is 11.8. The van der Waals surface area contributed by atoms with Gasteiger partial charge in [0.15, 0.2) is 0 Å². The number of unbranched alkanes of at least 4 members (excludes halogenated alkanes) is 4. The molecule has 2 aliphatic rings. The van der Waals surface area contributed by atoms with E-state index in [0.717, 1.165) is 64.2 Å². The summed E-state index contributed by atoms with van der Waals surface area (Å²) in [6.07, 6.45) is 11.3. The van der Waals surface area contributed by atoms with E-state index < -0.39 is 11.9 Å². The van der Waals surface area contributed by atoms with Crippen LogP contribution in [0.3, 0.4) is 0 Å². The molecule has 4 atom stereocenters. The van der Waals surface area contributed by atoms with Crippen molar-refractivity contribution in [1.82, 2.24) is 0 Å². The number of hydrogen-bond donors (Lipinski definition) is 1. The minimum absolute atomic E-state index is 0. The van der Waals surface area contributed by atoms with Gasteiger partial charge in [0, 0.05) is 37.1 Å². The van der Waals surface area contributed by atoms with E-state index in [-0.39, 0.29) is 162 Å². The van der Waals surface area contributed by atoms with E-state index >= 15 is 0 Å². The first-order valence-corrected chi connectivity index (χ1v) is 11.8. The van der Waals surface area contributed by atoms with E-state index in [1.165, 1.54) is 0 Å². The van der Waals surface area contributed by atoms with Gasteiger partial charge in [0.2, 0.25) is 0 Å². The van der Waals surface area contributed by atoms with E-state index in [0.29, 0.717) is 12.8 Å². The molecule has 0 aliphatic heterocycles. The fourth-order valence-electron chi connectivity index (χ4n) is 4.90. The molecule has 2 saturated carbocycles. The number of rotatable bonds is 12. The van der Waals surface area contributed by atoms with Crippen molar-refractivity contribution in [2.75, 3.05) is 0 Å². The average molecular weight is 537 g/mol. The minimum atomic E-state index is -1.02. The number of carboxylic acids is 2. The van der Waals surface area contributed by atoms with Crippen molar-refractivity contribution in [3.8, 4) is 0 Å². The largest absolute Gasteiger partial charge is 1.00 e. The van der Waals surface area contributed by atoms with Crippen LogP contribution in [0.15, 0.2) is 0 Å². The predicted molar refractivity (Wildman–Crippen MR) is 118 cm³/mol. The van der Waals surface area contributed by atoms with E-state index in [1.807, 2.05) is 0 Å². The molecule has 0 aromatic rings. The van der Waals surface area contributed by atoms with Crippen molar-refractivity contribution in [1.29, 1.82) is 0 Å². The van der Waals surface area contributed by atoms with Crippen LogP contribution in [0, 0.1) is 23.7 Å². The molecule has 0 amide bonds. The number of carbonyl (C=O) groups is 4. The van der Waals surface area contributed by atoms with Crippen LogP contribution in [0.4, 0.5) is 0 Å². The molecule has 0 aromatic heterocycles. The van der Waals surface area contributed by atoms with Crippen LogP contribution < -0.4 is 108 Å². The van der Waals surface area contributed by atoms with Crippen molar-refractivity contribution in [3.05, 3.63) is 0 Å². The Labute approximate surface area is 289 Å². The van der Waals surface area contributed by atoms with E-state index in [9.17, 15) is 24.3 Å². The van der Waals surface area contributed by atoms with Gasteiger partial charge in [-0.25, -0.2) is 0 Å². The van der Waals surface area contributed by atoms with Gasteiger partial charge in [-0.15, -0.1) is 0 Å². The van der Waals surface area contributed by atoms with Gasteiger partial charge >= 0.3 is 109 Å². The van der Waals surface area contributed by atoms with Crippen LogP contribution in [-0.4, -0.2) is 39.6 Å². The first-order chi connectivity index (χ1) is 14.3. The summed E-state index contributed by atoms with van der Waals surface area (Å²) in [5.41, 5.74) is 0. The predicted octanol–water partition coefficient (Wildman–Crippen LogP) is -3.05. The number of hydrogen-bond acceptors (Lipinski definition) is 6. The van der Waals surface area contributed by atoms with Crippen molar-refractivity contribution in [2.24, 2.45) is 23.7 Å². The van der Waals surface area contributed by atoms with Gasteiger partial charge in [-0.1, -0.05) is 52.4 Å². The van der Waals surface area contributed by atoms with Gasteiger partial charge in [-0.3, -0.25) is 14.4 Å². The quantitative estimate of drug-likeness (QED) is 0.204. The summed E-state index contributed by atoms with van der Waals surface area (Å²) in [5, 5.41) is 19.3. The second-order valence-corrected chi connectivity index (χ2v) is 8.91. The molecule has 188 valence electrons. The fourth-order valence-corrected chi connectivity index (χ4v) is 4.90. The molecule has 0 bridgehead atoms. The maximum atomic E-state index is 11.6. The molecule has 4 N–H and O–H groups in total. The third kappa shape index (κ3) is 17.1. The second-order valence-electron chi connectivity index (χ2n) is 8.91. The summed E-state index contributed by atoms with van der Waals surface area (Å²) in [7, 11) is 0. The Morgan fingerprint density at radius 1 is 0.824 bits per heavy atom. The number of Topliss-reactive ketones (excluding diaryl/α,β-unsaturated/α-hetero) is 2. The van der Waals surface area contributed by atoms with Gasteiger partial charge in [0.1, 0.15) is 11.6 Å². The SMILES string of the molecule is CCCCCC1C(=O)CCC1CC(=O)O.CCCCCC1C(=O)CCC1CC(=O)[O-].O.[K+].[K+].[OH-]. The molecular formula is C24H42K2O8. The summed E-state index contributed by atoms with van der Waals surface area (Å²) in [5.74, 6) is -1.06. The Bertz CT molecular complexity index is 535. The minimum Gasteiger partial charge on any atom is -0.870 e. The molecule has 4 unspecified atom stereocenters. The normalized spacial score (nSPS) is 22.8. The van der Waals surface area contributed by atoms with Crippen LogP contribution in [0.2, 0.25) is 0 Å². The van der Waals surface area contributed by atoms with Gasteiger partial charge in [-0.05, 0) is 43.9 Å². The van der Waals surface area contributed by atoms with Gasteiger partial charge in [0.25, 0.3) is 0 Å². The number of aliphatic carboxylic acids is 2. The monoisotopic (exact) mass is 536 g/mol. The van der Waals surface area contributed by atoms with E-state index in [2.05, 4.69) is 13.8 Å². The number of ketones is 2. The van der Waals surface area contributed by atoms with Crippen LogP contribution >= 0.6 is 0 Å². The second kappa shape index (κ2) is 24.8. The molecule has 0 saturated heterocycles. The zero-order valence-electron chi connectivity index (χ0n) is 21.6. The van der Waals surface area contributed by atoms with Crippen molar-refractivity contribution in [2.45, 2.75) is 104 Å². The molecule has 34 heavy (non-hydrogen) atoms. The Morgan fingerprint density at radius 2 is 1.21 bits per heavy atom. The van der Waals surface area contributed by atoms with Crippen LogP contribution in [0.5, 0.6) is 0 Å². The average Bonchev–Trinajstić information content (AvgIpc) is 3.19. The van der Waals surface area contributed by atoms with Gasteiger partial charge in [-0.2, -0.15) is 0 Å². The summed E-state index contributed by atoms with van der Waals surface area (Å²) in [6, 6.07) is 0. The Kier molecular flexibility index (Phi) is 31.0. The van der Waals surface area contributed by atoms with Gasteiger partial charge < -0.3 is 26.0 Å². The van der Waals surface area contributed by atoms with Crippen LogP contribution in [0.1, 0.15) is 104 Å². The van der Waals surface area contributed by atoms with Crippen molar-refractivity contribution >= 4 is 23.5 Å². The Hall–Kier alpha value is 1.47. The molecule has 0 spiro atoms. The molecule has 0 heterocycles. The standard InChI is InChI=1S/2C12H20O3.2K.2H2O/c2*1-2-3-4-5-10-9(8-12(14)15)6-7-11(10)13;;;;/h2*9-10H,2-8H2,1H3,(H,14,15);;;2*1H2/q;;2*+1;;/p-2. The summed E-state index contributed by atoms with van der Waals surface area (Å²) >= 11 is 0. The summed E-state index contributed by atoms with van der Waals surface area (Å²) in [4.78, 5) is 44.3. The number of carbonyl (C=O) groups excluding carboxylic acids is 3. The van der Waals surface area contributed by atoms with Gasteiger partial charge in [0.05, 0.1) is 0 Å². The zero-order chi connectivity index (χ0) is 22.5. The molecule has 2 rings (SSSR count). The summed E-state index contributed by atoms with van der Waals surface area (Å²) in [6.45, 7) is 4.25. The molecule has 2 fully saturated rings. The van der Waals surface area contributed by atoms with Crippen LogP contribution in [0.25, 0.3) is 0 Å². The Balaban J connectivity index is -0.000000237. The third-order valence-electron chi connectivity index (χ3n) is 6.59. The molecule has 10 heteroatoms. The van der Waals surface area contributed by atoms with E-state index in [4.69, 9.17) is 5.11 Å². The van der Waals surface area contributed by atoms with Crippen LogP contribution in [-0.2, 0) is 19.2 Å². The molecule has 0 radical (unpaired) electrons. The molecule has 8 nitrogen and oxygen atoms in total. The fraction of sp³-hybridized carbons (Fsp3) is 0.833. The molecule has 2 aliphatic carbocycles. The maximum Gasteiger partial charge on any atom is 1.00 e. The topological polar surface area (TPSA) is 173 Å². The van der Waals surface area contributed by atoms with E-state index in [1.54, 1.807) is 0 Å². The molecule has 0 aromatic carbocycles. The Morgan fingerprint density at radius 3 is 1.53 bits per heavy atom. The zero-order valence-corrected chi connectivity index (χ0v) is 27.9. The summed E-state index contributed by atoms with van der Waals surface area (Å²) < 4.78 is 0. The van der Waals surface area contributed by atoms with Crippen molar-refractivity contribution < 1.29 is 143 Å². The first kappa shape index (κ1) is 42.6. The molecular weight excluding hydrogens is 494 g/mol.